The highest BCUT2D eigenvalue weighted by molar-refractivity contribution is 5.38. The lowest BCUT2D eigenvalue weighted by molar-refractivity contribution is 0.213. The Kier molecular flexibility index (Phi) is 3.74. The van der Waals surface area contributed by atoms with Crippen LogP contribution in [0.2, 0.25) is 0 Å². The fraction of sp³-hybridized carbons (Fsp3) is 0.231. The van der Waals surface area contributed by atoms with Crippen molar-refractivity contribution in [3.05, 3.63) is 48.0 Å². The second kappa shape index (κ2) is 5.46. The van der Waals surface area contributed by atoms with E-state index in [0.29, 0.717) is 22.6 Å². The van der Waals surface area contributed by atoms with Crippen LogP contribution in [-0.4, -0.2) is 29.3 Å². The first-order chi connectivity index (χ1) is 8.76. The Morgan fingerprint density at radius 3 is 2.67 bits per heavy atom. The van der Waals surface area contributed by atoms with E-state index >= 15 is 0 Å². The molecule has 94 valence electrons. The lowest BCUT2D eigenvalue weighted by Crippen LogP contribution is -2.03. The maximum absolute atomic E-state index is 10.3. The summed E-state index contributed by atoms with van der Waals surface area (Å²) in [4.78, 5) is 7.97. The molecular formula is C13H14N2O3. The molecule has 0 amide bonds. The van der Waals surface area contributed by atoms with Crippen LogP contribution in [0.15, 0.2) is 36.9 Å². The average Bonchev–Trinajstić information content (AvgIpc) is 2.46. The van der Waals surface area contributed by atoms with Crippen LogP contribution >= 0.6 is 0 Å². The summed E-state index contributed by atoms with van der Waals surface area (Å²) >= 11 is 0. The average molecular weight is 246 g/mol. The summed E-state index contributed by atoms with van der Waals surface area (Å²) in [7, 11) is 3.09. The summed E-state index contributed by atoms with van der Waals surface area (Å²) < 4.78 is 10.3. The smallest absolute Gasteiger partial charge is 0.143 e. The predicted octanol–water partition coefficient (Wildman–Crippen LogP) is 1.58. The second-order valence-electron chi connectivity index (χ2n) is 3.68. The molecule has 0 radical (unpaired) electrons. The molecule has 2 aromatic heterocycles. The van der Waals surface area contributed by atoms with Gasteiger partial charge in [-0.15, -0.1) is 0 Å². The zero-order chi connectivity index (χ0) is 13.0. The maximum atomic E-state index is 10.3. The number of methoxy groups -OCH3 is 2. The van der Waals surface area contributed by atoms with Crippen molar-refractivity contribution in [3.63, 3.8) is 0 Å². The van der Waals surface area contributed by atoms with E-state index in [9.17, 15) is 5.11 Å². The molecule has 1 unspecified atom stereocenters. The van der Waals surface area contributed by atoms with Crippen molar-refractivity contribution >= 4 is 0 Å². The Hall–Kier alpha value is -2.14. The van der Waals surface area contributed by atoms with Crippen LogP contribution in [0, 0.1) is 0 Å². The second-order valence-corrected chi connectivity index (χ2v) is 3.68. The summed E-state index contributed by atoms with van der Waals surface area (Å²) in [6.45, 7) is 0. The Balaban J connectivity index is 2.37. The molecule has 5 heteroatoms. The summed E-state index contributed by atoms with van der Waals surface area (Å²) in [6.07, 6.45) is 5.51. The molecule has 0 bridgehead atoms. The zero-order valence-corrected chi connectivity index (χ0v) is 10.2. The lowest BCUT2D eigenvalue weighted by Gasteiger charge is -2.14. The highest BCUT2D eigenvalue weighted by Crippen LogP contribution is 2.29. The molecule has 0 aliphatic rings. The number of hydrogen-bond donors (Lipinski definition) is 1. The summed E-state index contributed by atoms with van der Waals surface area (Å²) in [6, 6.07) is 3.44. The largest absolute Gasteiger partial charge is 0.495 e. The van der Waals surface area contributed by atoms with Gasteiger partial charge in [0, 0.05) is 23.5 Å². The molecular weight excluding hydrogens is 232 g/mol. The van der Waals surface area contributed by atoms with Crippen LogP contribution in [0.25, 0.3) is 0 Å². The Morgan fingerprint density at radius 1 is 1.11 bits per heavy atom. The van der Waals surface area contributed by atoms with Crippen LogP contribution in [-0.2, 0) is 0 Å². The number of pyridine rings is 2. The van der Waals surface area contributed by atoms with E-state index < -0.39 is 6.10 Å². The third-order valence-electron chi connectivity index (χ3n) is 2.62. The molecule has 0 aromatic carbocycles. The van der Waals surface area contributed by atoms with Gasteiger partial charge in [0.2, 0.25) is 0 Å². The van der Waals surface area contributed by atoms with Gasteiger partial charge in [-0.25, -0.2) is 0 Å². The molecule has 0 saturated heterocycles. The Morgan fingerprint density at radius 2 is 1.94 bits per heavy atom. The first-order valence-corrected chi connectivity index (χ1v) is 5.41. The molecule has 18 heavy (non-hydrogen) atoms. The van der Waals surface area contributed by atoms with E-state index in [1.54, 1.807) is 44.0 Å². The van der Waals surface area contributed by atoms with Gasteiger partial charge < -0.3 is 14.6 Å². The minimum atomic E-state index is -0.828. The molecule has 2 aromatic rings. The molecule has 0 spiro atoms. The number of rotatable bonds is 4. The van der Waals surface area contributed by atoms with Gasteiger partial charge in [-0.05, 0) is 12.1 Å². The van der Waals surface area contributed by atoms with Gasteiger partial charge in [-0.3, -0.25) is 9.97 Å². The van der Waals surface area contributed by atoms with E-state index in [0.717, 1.165) is 0 Å². The quantitative estimate of drug-likeness (QED) is 0.887. The predicted molar refractivity (Wildman–Crippen MR) is 65.6 cm³/mol. The molecule has 0 saturated carbocycles. The SMILES string of the molecule is COc1cncc(C(O)c2ccncc2OC)c1. The van der Waals surface area contributed by atoms with Gasteiger partial charge in [-0.2, -0.15) is 0 Å². The van der Waals surface area contributed by atoms with Crippen LogP contribution in [0.5, 0.6) is 11.5 Å². The van der Waals surface area contributed by atoms with Gasteiger partial charge >= 0.3 is 0 Å². The van der Waals surface area contributed by atoms with Crippen molar-refractivity contribution in [2.24, 2.45) is 0 Å². The number of aliphatic hydroxyl groups excluding tert-OH is 1. The van der Waals surface area contributed by atoms with E-state index in [1.807, 2.05) is 0 Å². The van der Waals surface area contributed by atoms with E-state index in [2.05, 4.69) is 9.97 Å². The maximum Gasteiger partial charge on any atom is 0.143 e. The van der Waals surface area contributed by atoms with E-state index in [1.165, 1.54) is 7.11 Å². The highest BCUT2D eigenvalue weighted by Gasteiger charge is 2.16. The van der Waals surface area contributed by atoms with Crippen molar-refractivity contribution in [1.82, 2.24) is 9.97 Å². The number of aromatic nitrogens is 2. The summed E-state index contributed by atoms with van der Waals surface area (Å²) in [5.74, 6) is 1.13. The van der Waals surface area contributed by atoms with Gasteiger partial charge in [0.1, 0.15) is 17.6 Å². The van der Waals surface area contributed by atoms with Crippen molar-refractivity contribution in [1.29, 1.82) is 0 Å². The van der Waals surface area contributed by atoms with Crippen LogP contribution < -0.4 is 9.47 Å². The fourth-order valence-electron chi connectivity index (χ4n) is 1.66. The molecule has 2 rings (SSSR count). The minimum absolute atomic E-state index is 0.535. The van der Waals surface area contributed by atoms with Crippen molar-refractivity contribution < 1.29 is 14.6 Å². The number of nitrogens with zero attached hydrogens (tertiary/aromatic N) is 2. The normalized spacial score (nSPS) is 11.9. The van der Waals surface area contributed by atoms with E-state index in [4.69, 9.17) is 9.47 Å². The molecule has 2 heterocycles. The fourth-order valence-corrected chi connectivity index (χ4v) is 1.66. The molecule has 1 N–H and O–H groups in total. The minimum Gasteiger partial charge on any atom is -0.495 e. The van der Waals surface area contributed by atoms with Gasteiger partial charge in [0.05, 0.1) is 26.6 Å². The summed E-state index contributed by atoms with van der Waals surface area (Å²) in [5.41, 5.74) is 1.28. The lowest BCUT2D eigenvalue weighted by atomic mass is 10.0. The first-order valence-electron chi connectivity index (χ1n) is 5.41. The monoisotopic (exact) mass is 246 g/mol. The van der Waals surface area contributed by atoms with Crippen LogP contribution in [0.3, 0.4) is 0 Å². The van der Waals surface area contributed by atoms with Crippen molar-refractivity contribution in [3.8, 4) is 11.5 Å². The van der Waals surface area contributed by atoms with E-state index in [-0.39, 0.29) is 0 Å². The first kappa shape index (κ1) is 12.3. The number of aliphatic hydroxyl groups is 1. The van der Waals surface area contributed by atoms with Crippen LogP contribution in [0.1, 0.15) is 17.2 Å². The van der Waals surface area contributed by atoms with Gasteiger partial charge in [-0.1, -0.05) is 0 Å². The third-order valence-corrected chi connectivity index (χ3v) is 2.62. The standard InChI is InChI=1S/C13H14N2O3/c1-17-10-5-9(6-15-7-10)13(16)11-3-4-14-8-12(11)18-2/h3-8,13,16H,1-2H3. The van der Waals surface area contributed by atoms with Crippen molar-refractivity contribution in [2.45, 2.75) is 6.10 Å². The molecule has 0 fully saturated rings. The summed E-state index contributed by atoms with van der Waals surface area (Å²) in [5, 5.41) is 10.3. The highest BCUT2D eigenvalue weighted by atomic mass is 16.5. The molecule has 5 nitrogen and oxygen atoms in total. The van der Waals surface area contributed by atoms with Crippen LogP contribution in [0.4, 0.5) is 0 Å². The van der Waals surface area contributed by atoms with Crippen molar-refractivity contribution in [2.75, 3.05) is 14.2 Å². The molecule has 0 aliphatic carbocycles. The number of hydrogen-bond acceptors (Lipinski definition) is 5. The topological polar surface area (TPSA) is 64.5 Å². The molecule has 1 atom stereocenters. The Labute approximate surface area is 105 Å². The zero-order valence-electron chi connectivity index (χ0n) is 10.2. The molecule has 0 aliphatic heterocycles. The Bertz CT molecular complexity index is 531. The van der Waals surface area contributed by atoms with Gasteiger partial charge in [0.15, 0.2) is 0 Å². The number of ether oxygens (including phenoxy) is 2. The van der Waals surface area contributed by atoms with Gasteiger partial charge in [0.25, 0.3) is 0 Å². The third kappa shape index (κ3) is 2.41.